The predicted molar refractivity (Wildman–Crippen MR) is 80.5 cm³/mol. The third-order valence-corrected chi connectivity index (χ3v) is 4.14. The van der Waals surface area contributed by atoms with E-state index in [-0.39, 0.29) is 5.82 Å². The Hall–Kier alpha value is -1.13. The van der Waals surface area contributed by atoms with Crippen molar-refractivity contribution in [2.45, 2.75) is 44.2 Å². The van der Waals surface area contributed by atoms with Crippen molar-refractivity contribution in [2.75, 3.05) is 25.1 Å². The molecule has 2 atom stereocenters. The molecule has 0 spiro atoms. The number of benzene rings is 1. The number of anilines is 1. The zero-order valence-electron chi connectivity index (χ0n) is 12.2. The van der Waals surface area contributed by atoms with E-state index in [1.165, 1.54) is 6.07 Å². The van der Waals surface area contributed by atoms with Gasteiger partial charge in [0, 0.05) is 19.7 Å². The first-order valence-electron chi connectivity index (χ1n) is 7.50. The largest absolute Gasteiger partial charge is 0.381 e. The topological polar surface area (TPSA) is 38.5 Å². The fourth-order valence-corrected chi connectivity index (χ4v) is 3.06. The minimum atomic E-state index is -0.149. The molecular formula is C16H25FN2O. The lowest BCUT2D eigenvalue weighted by atomic mass is 9.91. The Labute approximate surface area is 120 Å². The maximum atomic E-state index is 14.1. The number of hydrogen-bond donors (Lipinski definition) is 1. The van der Waals surface area contributed by atoms with E-state index in [0.29, 0.717) is 24.4 Å². The fourth-order valence-electron chi connectivity index (χ4n) is 3.06. The summed E-state index contributed by atoms with van der Waals surface area (Å²) in [5.41, 5.74) is 6.33. The predicted octanol–water partition coefficient (Wildman–Crippen LogP) is 2.94. The molecule has 1 aromatic carbocycles. The number of halogens is 1. The molecule has 2 unspecified atom stereocenters. The molecule has 1 aliphatic rings. The molecule has 2 N–H and O–H groups in total. The van der Waals surface area contributed by atoms with Crippen molar-refractivity contribution >= 4 is 5.69 Å². The van der Waals surface area contributed by atoms with Crippen LogP contribution in [-0.2, 0) is 4.74 Å². The van der Waals surface area contributed by atoms with Gasteiger partial charge in [-0.1, -0.05) is 12.1 Å². The van der Waals surface area contributed by atoms with Crippen LogP contribution in [0, 0.1) is 5.82 Å². The van der Waals surface area contributed by atoms with Crippen LogP contribution in [0.15, 0.2) is 24.3 Å². The molecule has 4 heteroatoms. The quantitative estimate of drug-likeness (QED) is 0.870. The average Bonchev–Trinajstić information content (AvgIpc) is 2.49. The molecule has 0 bridgehead atoms. The number of nitrogens with two attached hydrogens (primary N) is 1. The Morgan fingerprint density at radius 1 is 1.35 bits per heavy atom. The molecule has 0 radical (unpaired) electrons. The van der Waals surface area contributed by atoms with Crippen LogP contribution in [0.25, 0.3) is 0 Å². The van der Waals surface area contributed by atoms with Gasteiger partial charge in [0.05, 0.1) is 11.8 Å². The lowest BCUT2D eigenvalue weighted by Gasteiger charge is -2.38. The van der Waals surface area contributed by atoms with Crippen LogP contribution in [0.3, 0.4) is 0 Å². The van der Waals surface area contributed by atoms with Crippen molar-refractivity contribution in [3.05, 3.63) is 30.1 Å². The van der Waals surface area contributed by atoms with E-state index < -0.39 is 0 Å². The smallest absolute Gasteiger partial charge is 0.146 e. The monoisotopic (exact) mass is 280 g/mol. The summed E-state index contributed by atoms with van der Waals surface area (Å²) in [6.07, 6.45) is 5.48. The molecule has 0 amide bonds. The van der Waals surface area contributed by atoms with Gasteiger partial charge < -0.3 is 15.4 Å². The van der Waals surface area contributed by atoms with E-state index in [1.54, 1.807) is 13.2 Å². The van der Waals surface area contributed by atoms with Gasteiger partial charge in [-0.25, -0.2) is 4.39 Å². The number of hydrogen-bond acceptors (Lipinski definition) is 3. The normalized spacial score (nSPS) is 22.8. The number of methoxy groups -OCH3 is 1. The Morgan fingerprint density at radius 3 is 2.85 bits per heavy atom. The van der Waals surface area contributed by atoms with Gasteiger partial charge in [-0.2, -0.15) is 0 Å². The summed E-state index contributed by atoms with van der Waals surface area (Å²) in [7, 11) is 1.76. The first-order chi connectivity index (χ1) is 9.76. The molecule has 0 saturated heterocycles. The van der Waals surface area contributed by atoms with Gasteiger partial charge in [-0.15, -0.1) is 0 Å². The molecule has 0 aliphatic heterocycles. The maximum Gasteiger partial charge on any atom is 0.146 e. The van der Waals surface area contributed by atoms with Crippen LogP contribution in [-0.4, -0.2) is 32.3 Å². The molecule has 3 nitrogen and oxygen atoms in total. The summed E-state index contributed by atoms with van der Waals surface area (Å²) < 4.78 is 19.6. The molecular weight excluding hydrogens is 255 g/mol. The lowest BCUT2D eigenvalue weighted by molar-refractivity contribution is 0.0630. The zero-order chi connectivity index (χ0) is 14.4. The zero-order valence-corrected chi connectivity index (χ0v) is 12.2. The SMILES string of the molecule is COC1CCCC(N(CCCN)c2ccccc2F)C1. The number of para-hydroxylation sites is 1. The highest BCUT2D eigenvalue weighted by atomic mass is 19.1. The molecule has 1 fully saturated rings. The average molecular weight is 280 g/mol. The molecule has 112 valence electrons. The molecule has 1 saturated carbocycles. The van der Waals surface area contributed by atoms with E-state index in [4.69, 9.17) is 10.5 Å². The first-order valence-corrected chi connectivity index (χ1v) is 7.50. The van der Waals surface area contributed by atoms with Gasteiger partial charge in [0.25, 0.3) is 0 Å². The van der Waals surface area contributed by atoms with Crippen LogP contribution in [0.5, 0.6) is 0 Å². The molecule has 0 heterocycles. The van der Waals surface area contributed by atoms with E-state index in [1.807, 2.05) is 12.1 Å². The van der Waals surface area contributed by atoms with Crippen molar-refractivity contribution in [3.8, 4) is 0 Å². The summed E-state index contributed by atoms with van der Waals surface area (Å²) >= 11 is 0. The minimum Gasteiger partial charge on any atom is -0.381 e. The molecule has 1 aliphatic carbocycles. The maximum absolute atomic E-state index is 14.1. The number of ether oxygens (including phenoxy) is 1. The molecule has 20 heavy (non-hydrogen) atoms. The van der Waals surface area contributed by atoms with Crippen LogP contribution in [0.2, 0.25) is 0 Å². The Bertz CT molecular complexity index is 413. The third-order valence-electron chi connectivity index (χ3n) is 4.14. The van der Waals surface area contributed by atoms with Crippen molar-refractivity contribution in [3.63, 3.8) is 0 Å². The summed E-state index contributed by atoms with van der Waals surface area (Å²) in [4.78, 5) is 2.19. The first kappa shape index (κ1) is 15.3. The highest BCUT2D eigenvalue weighted by molar-refractivity contribution is 5.48. The molecule has 1 aromatic rings. The summed E-state index contributed by atoms with van der Waals surface area (Å²) in [6.45, 7) is 1.43. The Balaban J connectivity index is 2.16. The summed E-state index contributed by atoms with van der Waals surface area (Å²) in [5, 5.41) is 0. The van der Waals surface area contributed by atoms with Gasteiger partial charge in [0.1, 0.15) is 5.82 Å². The van der Waals surface area contributed by atoms with E-state index in [9.17, 15) is 4.39 Å². The van der Waals surface area contributed by atoms with Crippen LogP contribution in [0.1, 0.15) is 32.1 Å². The Morgan fingerprint density at radius 2 is 2.15 bits per heavy atom. The van der Waals surface area contributed by atoms with E-state index in [2.05, 4.69) is 4.90 Å². The second-order valence-corrected chi connectivity index (χ2v) is 5.47. The van der Waals surface area contributed by atoms with Gasteiger partial charge in [-0.3, -0.25) is 0 Å². The van der Waals surface area contributed by atoms with Gasteiger partial charge in [0.15, 0.2) is 0 Å². The van der Waals surface area contributed by atoms with Crippen molar-refractivity contribution in [1.29, 1.82) is 0 Å². The lowest BCUT2D eigenvalue weighted by Crippen LogP contribution is -2.42. The van der Waals surface area contributed by atoms with Gasteiger partial charge in [-0.05, 0) is 50.8 Å². The summed E-state index contributed by atoms with van der Waals surface area (Å²) in [6, 6.07) is 7.37. The van der Waals surface area contributed by atoms with Crippen molar-refractivity contribution in [1.82, 2.24) is 0 Å². The summed E-state index contributed by atoms with van der Waals surface area (Å²) in [5.74, 6) is -0.149. The molecule has 0 aromatic heterocycles. The second-order valence-electron chi connectivity index (χ2n) is 5.47. The van der Waals surface area contributed by atoms with Gasteiger partial charge in [0.2, 0.25) is 0 Å². The highest BCUT2D eigenvalue weighted by Crippen LogP contribution is 2.30. The van der Waals surface area contributed by atoms with Gasteiger partial charge >= 0.3 is 0 Å². The van der Waals surface area contributed by atoms with Crippen LogP contribution >= 0.6 is 0 Å². The Kier molecular flexibility index (Phi) is 5.80. The number of nitrogens with zero attached hydrogens (tertiary/aromatic N) is 1. The van der Waals surface area contributed by atoms with E-state index >= 15 is 0 Å². The van der Waals surface area contributed by atoms with E-state index in [0.717, 1.165) is 38.6 Å². The fraction of sp³-hybridized carbons (Fsp3) is 0.625. The van der Waals surface area contributed by atoms with Crippen molar-refractivity contribution < 1.29 is 9.13 Å². The standard InChI is InChI=1S/C16H25FN2O/c1-20-14-7-4-6-13(12-14)19(11-5-10-18)16-9-3-2-8-15(16)17/h2-3,8-9,13-14H,4-7,10-12,18H2,1H3. The molecule has 2 rings (SSSR count). The third kappa shape index (κ3) is 3.70. The number of rotatable bonds is 6. The highest BCUT2D eigenvalue weighted by Gasteiger charge is 2.27. The van der Waals surface area contributed by atoms with Crippen LogP contribution in [0.4, 0.5) is 10.1 Å². The second kappa shape index (κ2) is 7.60. The minimum absolute atomic E-state index is 0.149. The van der Waals surface area contributed by atoms with Crippen LogP contribution < -0.4 is 10.6 Å². The van der Waals surface area contributed by atoms with Crippen molar-refractivity contribution in [2.24, 2.45) is 5.73 Å².